The van der Waals surface area contributed by atoms with Crippen LogP contribution in [0.2, 0.25) is 0 Å². The summed E-state index contributed by atoms with van der Waals surface area (Å²) in [4.78, 5) is 3.46. The molecule has 7 heteroatoms. The van der Waals surface area contributed by atoms with E-state index in [2.05, 4.69) is 31.4 Å². The molecule has 98 valence electrons. The third-order valence-electron chi connectivity index (χ3n) is 2.20. The van der Waals surface area contributed by atoms with Crippen LogP contribution in [0.4, 0.5) is 18.9 Å². The number of hydrazone groups is 1. The van der Waals surface area contributed by atoms with Crippen LogP contribution in [0.15, 0.2) is 40.0 Å². The summed E-state index contributed by atoms with van der Waals surface area (Å²) in [6, 6.07) is 4.54. The van der Waals surface area contributed by atoms with Crippen molar-refractivity contribution in [2.75, 3.05) is 5.43 Å². The first-order valence-electron chi connectivity index (χ1n) is 5.12. The zero-order chi connectivity index (χ0) is 13.8. The molecule has 0 fully saturated rings. The molecule has 0 aliphatic heterocycles. The molecular weight excluding hydrogens is 323 g/mol. The lowest BCUT2D eigenvalue weighted by Crippen LogP contribution is -1.98. The van der Waals surface area contributed by atoms with Crippen molar-refractivity contribution in [2.45, 2.75) is 0 Å². The van der Waals surface area contributed by atoms with Gasteiger partial charge in [-0.2, -0.15) is 9.49 Å². The lowest BCUT2D eigenvalue weighted by molar-refractivity contribution is 0.581. The Morgan fingerprint density at radius 2 is 2.00 bits per heavy atom. The van der Waals surface area contributed by atoms with Gasteiger partial charge in [-0.05, 0) is 34.1 Å². The summed E-state index contributed by atoms with van der Waals surface area (Å²) >= 11 is 3.13. The number of benzene rings is 1. The van der Waals surface area contributed by atoms with Gasteiger partial charge in [0.2, 0.25) is 5.95 Å². The van der Waals surface area contributed by atoms with Crippen molar-refractivity contribution in [3.8, 4) is 0 Å². The second kappa shape index (κ2) is 5.83. The number of nitrogens with zero attached hydrogens (tertiary/aromatic N) is 2. The number of halogens is 4. The van der Waals surface area contributed by atoms with E-state index in [1.165, 1.54) is 12.3 Å². The van der Waals surface area contributed by atoms with Crippen molar-refractivity contribution in [1.82, 2.24) is 4.98 Å². The van der Waals surface area contributed by atoms with Crippen LogP contribution in [0.3, 0.4) is 0 Å². The van der Waals surface area contributed by atoms with Crippen LogP contribution < -0.4 is 5.43 Å². The van der Waals surface area contributed by atoms with E-state index in [1.807, 2.05) is 0 Å². The Balaban J connectivity index is 2.16. The SMILES string of the molecule is Fc1ccc(N/N=C/c2c(Br)ccnc2F)c(F)c1. The van der Waals surface area contributed by atoms with E-state index >= 15 is 0 Å². The van der Waals surface area contributed by atoms with Gasteiger partial charge in [-0.1, -0.05) is 0 Å². The Morgan fingerprint density at radius 1 is 1.21 bits per heavy atom. The van der Waals surface area contributed by atoms with E-state index in [4.69, 9.17) is 0 Å². The first-order valence-corrected chi connectivity index (χ1v) is 5.91. The van der Waals surface area contributed by atoms with E-state index in [1.54, 1.807) is 6.07 Å². The summed E-state index contributed by atoms with van der Waals surface area (Å²) in [6.45, 7) is 0. The predicted octanol–water partition coefficient (Wildman–Crippen LogP) is 3.71. The van der Waals surface area contributed by atoms with Gasteiger partial charge in [0.15, 0.2) is 5.82 Å². The molecule has 0 saturated carbocycles. The maximum absolute atomic E-state index is 13.3. The predicted molar refractivity (Wildman–Crippen MR) is 69.5 cm³/mol. The molecule has 0 aliphatic carbocycles. The average molecular weight is 330 g/mol. The van der Waals surface area contributed by atoms with Crippen molar-refractivity contribution in [3.63, 3.8) is 0 Å². The van der Waals surface area contributed by atoms with E-state index in [0.29, 0.717) is 4.47 Å². The third-order valence-corrected chi connectivity index (χ3v) is 2.89. The highest BCUT2D eigenvalue weighted by Gasteiger charge is 2.05. The van der Waals surface area contributed by atoms with Crippen LogP contribution >= 0.6 is 15.9 Å². The Hall–Kier alpha value is -1.89. The molecule has 0 unspecified atom stereocenters. The van der Waals surface area contributed by atoms with Gasteiger partial charge in [0.25, 0.3) is 0 Å². The van der Waals surface area contributed by atoms with E-state index in [9.17, 15) is 13.2 Å². The Bertz CT molecular complexity index is 611. The molecule has 3 nitrogen and oxygen atoms in total. The highest BCUT2D eigenvalue weighted by molar-refractivity contribution is 9.10. The fourth-order valence-corrected chi connectivity index (χ4v) is 1.67. The van der Waals surface area contributed by atoms with Gasteiger partial charge >= 0.3 is 0 Å². The summed E-state index contributed by atoms with van der Waals surface area (Å²) in [5.74, 6) is -2.18. The molecule has 2 rings (SSSR count). The Morgan fingerprint density at radius 3 is 2.68 bits per heavy atom. The number of rotatable bonds is 3. The number of anilines is 1. The topological polar surface area (TPSA) is 37.3 Å². The van der Waals surface area contributed by atoms with Gasteiger partial charge in [-0.3, -0.25) is 5.43 Å². The molecular formula is C12H7BrF3N3. The Labute approximate surface area is 115 Å². The van der Waals surface area contributed by atoms with E-state index in [0.717, 1.165) is 18.3 Å². The smallest absolute Gasteiger partial charge is 0.222 e. The lowest BCUT2D eigenvalue weighted by Gasteiger charge is -2.02. The summed E-state index contributed by atoms with van der Waals surface area (Å²) in [5, 5.41) is 3.68. The minimum atomic E-state index is -0.789. The van der Waals surface area contributed by atoms with Crippen molar-refractivity contribution in [2.24, 2.45) is 5.10 Å². The average Bonchev–Trinajstić information content (AvgIpc) is 2.35. The molecule has 0 spiro atoms. The van der Waals surface area contributed by atoms with Crippen molar-refractivity contribution in [3.05, 3.63) is 58.1 Å². The van der Waals surface area contributed by atoms with Gasteiger partial charge in [0.05, 0.1) is 17.5 Å². The summed E-state index contributed by atoms with van der Waals surface area (Å²) in [7, 11) is 0. The second-order valence-corrected chi connectivity index (χ2v) is 4.35. The molecule has 2 aromatic rings. The molecule has 0 amide bonds. The zero-order valence-electron chi connectivity index (χ0n) is 9.37. The third kappa shape index (κ3) is 3.31. The van der Waals surface area contributed by atoms with Gasteiger partial charge in [0, 0.05) is 16.7 Å². The number of nitrogens with one attached hydrogen (secondary N) is 1. The maximum atomic E-state index is 13.3. The highest BCUT2D eigenvalue weighted by Crippen LogP contribution is 2.17. The van der Waals surface area contributed by atoms with Crippen LogP contribution in [0.1, 0.15) is 5.56 Å². The molecule has 1 aromatic carbocycles. The molecule has 19 heavy (non-hydrogen) atoms. The van der Waals surface area contributed by atoms with Crippen LogP contribution in [0.25, 0.3) is 0 Å². The molecule has 1 aromatic heterocycles. The van der Waals surface area contributed by atoms with Gasteiger partial charge in [-0.15, -0.1) is 0 Å². The molecule has 0 atom stereocenters. The molecule has 0 radical (unpaired) electrons. The fourth-order valence-electron chi connectivity index (χ4n) is 1.29. The first kappa shape index (κ1) is 13.5. The van der Waals surface area contributed by atoms with Crippen molar-refractivity contribution < 1.29 is 13.2 Å². The Kier molecular flexibility index (Phi) is 4.16. The standard InChI is InChI=1S/C12H7BrF3N3/c13-9-3-4-17-12(16)8(9)6-18-19-11-2-1-7(14)5-10(11)15/h1-6,19H/b18-6+. The quantitative estimate of drug-likeness (QED) is 0.529. The molecule has 1 heterocycles. The van der Waals surface area contributed by atoms with Crippen molar-refractivity contribution in [1.29, 1.82) is 0 Å². The van der Waals surface area contributed by atoms with Crippen LogP contribution in [-0.4, -0.2) is 11.2 Å². The van der Waals surface area contributed by atoms with Crippen molar-refractivity contribution >= 4 is 27.8 Å². The second-order valence-electron chi connectivity index (χ2n) is 3.49. The highest BCUT2D eigenvalue weighted by atomic mass is 79.9. The summed E-state index contributed by atoms with van der Waals surface area (Å²) in [6.07, 6.45) is 2.44. The minimum absolute atomic E-state index is 0.0157. The van der Waals surface area contributed by atoms with Gasteiger partial charge in [0.1, 0.15) is 5.82 Å². The van der Waals surface area contributed by atoms with E-state index < -0.39 is 17.6 Å². The lowest BCUT2D eigenvalue weighted by atomic mass is 10.3. The largest absolute Gasteiger partial charge is 0.276 e. The summed E-state index contributed by atoms with van der Waals surface area (Å²) < 4.78 is 39.7. The number of pyridine rings is 1. The van der Waals surface area contributed by atoms with Crippen LogP contribution in [-0.2, 0) is 0 Å². The molecule has 1 N–H and O–H groups in total. The van der Waals surface area contributed by atoms with Crippen LogP contribution in [0, 0.1) is 17.6 Å². The maximum Gasteiger partial charge on any atom is 0.222 e. The minimum Gasteiger partial charge on any atom is -0.276 e. The summed E-state index contributed by atoms with van der Waals surface area (Å²) in [5.41, 5.74) is 2.46. The van der Waals surface area contributed by atoms with Gasteiger partial charge in [-0.25, -0.2) is 13.8 Å². The number of aromatic nitrogens is 1. The van der Waals surface area contributed by atoms with Crippen LogP contribution in [0.5, 0.6) is 0 Å². The monoisotopic (exact) mass is 329 g/mol. The van der Waals surface area contributed by atoms with Gasteiger partial charge < -0.3 is 0 Å². The molecule has 0 saturated heterocycles. The fraction of sp³-hybridized carbons (Fsp3) is 0. The number of hydrogen-bond donors (Lipinski definition) is 1. The first-order chi connectivity index (χ1) is 9.08. The zero-order valence-corrected chi connectivity index (χ0v) is 11.0. The normalized spacial score (nSPS) is 10.9. The number of hydrogen-bond acceptors (Lipinski definition) is 3. The molecule has 0 aliphatic rings. The van der Waals surface area contributed by atoms with E-state index in [-0.39, 0.29) is 11.3 Å². The molecule has 0 bridgehead atoms.